The number of nitrogens with one attached hydrogen (secondary N) is 2. The molecule has 0 saturated carbocycles. The van der Waals surface area contributed by atoms with Gasteiger partial charge in [0.2, 0.25) is 17.7 Å². The summed E-state index contributed by atoms with van der Waals surface area (Å²) in [5.41, 5.74) is -0.783. The van der Waals surface area contributed by atoms with Crippen LogP contribution in [0.2, 0.25) is 0 Å². The Balaban J connectivity index is 2.74. The van der Waals surface area contributed by atoms with Gasteiger partial charge in [0, 0.05) is 33.5 Å². The highest BCUT2D eigenvalue weighted by Crippen LogP contribution is 2.40. The normalized spacial score (nSPS) is 22.9. The number of nitrogens with zero attached hydrogens (tertiary/aromatic N) is 1. The van der Waals surface area contributed by atoms with Crippen LogP contribution in [0, 0.1) is 0 Å². The van der Waals surface area contributed by atoms with Crippen LogP contribution in [0.3, 0.4) is 0 Å². The van der Waals surface area contributed by atoms with Gasteiger partial charge in [-0.1, -0.05) is 0 Å². The average molecular weight is 271 g/mol. The zero-order chi connectivity index (χ0) is 14.6. The highest BCUT2D eigenvalue weighted by Gasteiger charge is 2.62. The lowest BCUT2D eigenvalue weighted by Crippen LogP contribution is -2.41. The van der Waals surface area contributed by atoms with Crippen LogP contribution in [0.25, 0.3) is 0 Å². The molecule has 0 spiro atoms. The molecular weight excluding hydrogens is 250 g/mol. The van der Waals surface area contributed by atoms with Gasteiger partial charge in [-0.2, -0.15) is 0 Å². The van der Waals surface area contributed by atoms with Crippen molar-refractivity contribution in [3.63, 3.8) is 0 Å². The fourth-order valence-electron chi connectivity index (χ4n) is 2.23. The van der Waals surface area contributed by atoms with Crippen LogP contribution in [0.4, 0.5) is 0 Å². The van der Waals surface area contributed by atoms with Crippen molar-refractivity contribution in [2.75, 3.05) is 20.7 Å². The number of carbonyl (C=O) groups excluding carboxylic acids is 3. The lowest BCUT2D eigenvalue weighted by atomic mass is 10.1. The second kappa shape index (κ2) is 6.01. The molecule has 3 N–H and O–H groups in total. The molecule has 0 aromatic heterocycles. The van der Waals surface area contributed by atoms with Crippen molar-refractivity contribution < 1.29 is 19.5 Å². The molecule has 1 unspecified atom stereocenters. The molecule has 0 bridgehead atoms. The van der Waals surface area contributed by atoms with Gasteiger partial charge in [0.15, 0.2) is 0 Å². The van der Waals surface area contributed by atoms with E-state index in [1.54, 1.807) is 6.92 Å². The lowest BCUT2D eigenvalue weighted by molar-refractivity contribution is -0.128. The van der Waals surface area contributed by atoms with E-state index < -0.39 is 11.6 Å². The Morgan fingerprint density at radius 3 is 2.47 bits per heavy atom. The number of aliphatic hydroxyl groups excluding tert-OH is 1. The van der Waals surface area contributed by atoms with Crippen molar-refractivity contribution in [1.82, 2.24) is 15.5 Å². The van der Waals surface area contributed by atoms with Gasteiger partial charge in [-0.05, 0) is 13.3 Å². The third kappa shape index (κ3) is 3.04. The standard InChI is InChI=1S/C12H21N3O4/c1-12(6-7-16)11(19)15(12)8(10(18)14-3)4-5-9(17)13-2/h8,16H,4-7H2,1-3H3,(H,13,17)(H,14,18)/t8?,12-,15?/m0/s1. The molecule has 108 valence electrons. The van der Waals surface area contributed by atoms with E-state index in [9.17, 15) is 14.4 Å². The quantitative estimate of drug-likeness (QED) is 0.496. The summed E-state index contributed by atoms with van der Waals surface area (Å²) in [7, 11) is 3.02. The summed E-state index contributed by atoms with van der Waals surface area (Å²) in [6.07, 6.45) is 0.735. The number of likely N-dealkylation sites (N-methyl/N-ethyl adjacent to an activating group) is 1. The van der Waals surface area contributed by atoms with Crippen molar-refractivity contribution in [3.8, 4) is 0 Å². The van der Waals surface area contributed by atoms with Gasteiger partial charge in [0.25, 0.3) is 0 Å². The first-order valence-electron chi connectivity index (χ1n) is 6.29. The molecule has 1 aliphatic rings. The van der Waals surface area contributed by atoms with E-state index in [0.29, 0.717) is 6.42 Å². The zero-order valence-electron chi connectivity index (χ0n) is 11.5. The van der Waals surface area contributed by atoms with E-state index in [1.165, 1.54) is 19.0 Å². The van der Waals surface area contributed by atoms with Crippen molar-refractivity contribution in [2.45, 2.75) is 37.8 Å². The molecule has 2 atom stereocenters. The first-order valence-corrected chi connectivity index (χ1v) is 6.29. The Morgan fingerprint density at radius 2 is 2.00 bits per heavy atom. The van der Waals surface area contributed by atoms with Crippen LogP contribution in [-0.4, -0.2) is 60.0 Å². The van der Waals surface area contributed by atoms with E-state index in [2.05, 4.69) is 10.6 Å². The molecule has 19 heavy (non-hydrogen) atoms. The predicted octanol–water partition coefficient (Wildman–Crippen LogP) is -1.39. The van der Waals surface area contributed by atoms with Gasteiger partial charge in [0.05, 0.1) is 0 Å². The number of hydrogen-bond donors (Lipinski definition) is 3. The Bertz CT molecular complexity index is 385. The topological polar surface area (TPSA) is 98.5 Å². The summed E-state index contributed by atoms with van der Waals surface area (Å²) in [6, 6.07) is -0.661. The van der Waals surface area contributed by atoms with Crippen molar-refractivity contribution in [1.29, 1.82) is 0 Å². The molecule has 3 amide bonds. The number of hydrogen-bond acceptors (Lipinski definition) is 4. The van der Waals surface area contributed by atoms with E-state index in [-0.39, 0.29) is 37.2 Å². The Hall–Kier alpha value is -1.63. The third-order valence-corrected chi connectivity index (χ3v) is 3.54. The fraction of sp³-hybridized carbons (Fsp3) is 0.750. The van der Waals surface area contributed by atoms with E-state index in [4.69, 9.17) is 5.11 Å². The second-order valence-electron chi connectivity index (χ2n) is 4.76. The fourth-order valence-corrected chi connectivity index (χ4v) is 2.23. The molecule has 1 fully saturated rings. The Morgan fingerprint density at radius 1 is 1.37 bits per heavy atom. The van der Waals surface area contributed by atoms with E-state index >= 15 is 0 Å². The Labute approximate surface area is 112 Å². The number of rotatable bonds is 7. The van der Waals surface area contributed by atoms with Gasteiger partial charge in [0.1, 0.15) is 11.6 Å². The molecule has 0 aromatic rings. The smallest absolute Gasteiger partial charge is 0.249 e. The van der Waals surface area contributed by atoms with Crippen molar-refractivity contribution in [3.05, 3.63) is 0 Å². The molecule has 0 aromatic carbocycles. The summed E-state index contributed by atoms with van der Waals surface area (Å²) in [5, 5.41) is 13.9. The maximum Gasteiger partial charge on any atom is 0.249 e. The van der Waals surface area contributed by atoms with Gasteiger partial charge in [-0.15, -0.1) is 0 Å². The van der Waals surface area contributed by atoms with Crippen LogP contribution in [0.5, 0.6) is 0 Å². The average Bonchev–Trinajstić information content (AvgIpc) is 2.91. The number of carbonyl (C=O) groups is 3. The molecule has 1 heterocycles. The molecule has 1 saturated heterocycles. The molecule has 1 aliphatic heterocycles. The Kier molecular flexibility index (Phi) is 4.88. The van der Waals surface area contributed by atoms with Crippen molar-refractivity contribution in [2.24, 2.45) is 0 Å². The summed E-state index contributed by atoms with van der Waals surface area (Å²) < 4.78 is 0. The van der Waals surface area contributed by atoms with Gasteiger partial charge in [-0.3, -0.25) is 14.4 Å². The van der Waals surface area contributed by atoms with Crippen LogP contribution in [-0.2, 0) is 14.4 Å². The zero-order valence-corrected chi connectivity index (χ0v) is 11.5. The van der Waals surface area contributed by atoms with Crippen LogP contribution < -0.4 is 10.6 Å². The SMILES string of the molecule is CNC(=O)CCC(C(=O)NC)N1C(=O)[C@]1(C)CCO. The summed E-state index contributed by atoms with van der Waals surface area (Å²) in [5.74, 6) is -0.627. The summed E-state index contributed by atoms with van der Waals surface area (Å²) in [6.45, 7) is 1.58. The third-order valence-electron chi connectivity index (χ3n) is 3.54. The summed E-state index contributed by atoms with van der Waals surface area (Å²) in [4.78, 5) is 36.4. The second-order valence-corrected chi connectivity index (χ2v) is 4.76. The monoisotopic (exact) mass is 271 g/mol. The molecular formula is C12H21N3O4. The summed E-state index contributed by atoms with van der Waals surface area (Å²) >= 11 is 0. The van der Waals surface area contributed by atoms with Crippen molar-refractivity contribution >= 4 is 17.7 Å². The maximum absolute atomic E-state index is 11.8. The first kappa shape index (κ1) is 15.4. The first-order chi connectivity index (χ1) is 8.92. The van der Waals surface area contributed by atoms with Crippen LogP contribution >= 0.6 is 0 Å². The van der Waals surface area contributed by atoms with Gasteiger partial charge < -0.3 is 20.6 Å². The largest absolute Gasteiger partial charge is 0.396 e. The number of amides is 3. The van der Waals surface area contributed by atoms with E-state index in [1.807, 2.05) is 0 Å². The van der Waals surface area contributed by atoms with Gasteiger partial charge >= 0.3 is 0 Å². The molecule has 7 nitrogen and oxygen atoms in total. The van der Waals surface area contributed by atoms with E-state index in [0.717, 1.165) is 0 Å². The molecule has 7 heteroatoms. The number of aliphatic hydroxyl groups is 1. The minimum Gasteiger partial charge on any atom is -0.396 e. The van der Waals surface area contributed by atoms with Gasteiger partial charge in [-0.25, -0.2) is 0 Å². The maximum atomic E-state index is 11.8. The molecule has 0 radical (unpaired) electrons. The van der Waals surface area contributed by atoms with Crippen LogP contribution in [0.1, 0.15) is 26.2 Å². The molecule has 0 aliphatic carbocycles. The highest BCUT2D eigenvalue weighted by atomic mass is 16.3. The lowest BCUT2D eigenvalue weighted by Gasteiger charge is -2.19. The molecule has 1 rings (SSSR count). The minimum absolute atomic E-state index is 0.116. The highest BCUT2D eigenvalue weighted by molar-refractivity contribution is 6.05. The minimum atomic E-state index is -0.783. The predicted molar refractivity (Wildman–Crippen MR) is 68.1 cm³/mol. The van der Waals surface area contributed by atoms with Crippen LogP contribution in [0.15, 0.2) is 0 Å².